The molecule has 0 unspecified atom stereocenters. The number of para-hydroxylation sites is 2. The molecule has 0 aliphatic rings. The van der Waals surface area contributed by atoms with Crippen LogP contribution >= 0.6 is 11.6 Å². The number of halogens is 1. The zero-order valence-corrected chi connectivity index (χ0v) is 21.6. The standard InChI is InChI=1S/C31H20ClN3O5/c32-23-13-14-27-22(15-23)16-28(40-27)29-34-25-7-3-2-6-24(25)30(36)35(29)33-17-21-5-1-4-8-26(21)39-18-19-9-11-20(12-10-19)31(37)38/h1-17H,18H2,(H,37,38). The Morgan fingerprint density at radius 1 is 1.00 bits per heavy atom. The van der Waals surface area contributed by atoms with Gasteiger partial charge >= 0.3 is 5.97 Å². The van der Waals surface area contributed by atoms with Gasteiger partial charge in [-0.1, -0.05) is 48.0 Å². The van der Waals surface area contributed by atoms with Crippen molar-refractivity contribution in [2.45, 2.75) is 6.61 Å². The topological polar surface area (TPSA) is 107 Å². The number of fused-ring (bicyclic) bond motifs is 2. The minimum atomic E-state index is -0.988. The molecular formula is C31H20ClN3O5. The van der Waals surface area contributed by atoms with Crippen LogP contribution in [0.15, 0.2) is 111 Å². The fraction of sp³-hybridized carbons (Fsp3) is 0.0323. The first kappa shape index (κ1) is 25.1. The van der Waals surface area contributed by atoms with Gasteiger partial charge in [-0.2, -0.15) is 9.78 Å². The fourth-order valence-electron chi connectivity index (χ4n) is 4.26. The van der Waals surface area contributed by atoms with E-state index in [1.165, 1.54) is 23.0 Å². The summed E-state index contributed by atoms with van der Waals surface area (Å²) in [5.41, 5.74) is 2.41. The molecule has 0 saturated heterocycles. The zero-order chi connectivity index (χ0) is 27.6. The second-order valence-corrected chi connectivity index (χ2v) is 9.37. The first-order valence-corrected chi connectivity index (χ1v) is 12.6. The number of ether oxygens (including phenoxy) is 1. The van der Waals surface area contributed by atoms with Crippen LogP contribution in [-0.4, -0.2) is 27.0 Å². The Bertz CT molecular complexity index is 1980. The molecular weight excluding hydrogens is 530 g/mol. The van der Waals surface area contributed by atoms with Gasteiger partial charge in [-0.05, 0) is 66.2 Å². The molecule has 0 aliphatic carbocycles. The Morgan fingerprint density at radius 2 is 1.77 bits per heavy atom. The van der Waals surface area contributed by atoms with Crippen molar-refractivity contribution in [3.8, 4) is 17.3 Å². The highest BCUT2D eigenvalue weighted by molar-refractivity contribution is 6.31. The van der Waals surface area contributed by atoms with Gasteiger partial charge in [0.25, 0.3) is 5.56 Å². The van der Waals surface area contributed by atoms with Gasteiger partial charge in [0.15, 0.2) is 5.76 Å². The van der Waals surface area contributed by atoms with Crippen molar-refractivity contribution in [3.63, 3.8) is 0 Å². The van der Waals surface area contributed by atoms with Crippen molar-refractivity contribution in [3.05, 3.63) is 129 Å². The van der Waals surface area contributed by atoms with Crippen molar-refractivity contribution in [2.24, 2.45) is 5.10 Å². The van der Waals surface area contributed by atoms with Crippen LogP contribution in [0.5, 0.6) is 5.75 Å². The maximum absolute atomic E-state index is 13.6. The molecule has 0 atom stereocenters. The molecule has 8 nitrogen and oxygen atoms in total. The molecule has 6 rings (SSSR count). The van der Waals surface area contributed by atoms with Gasteiger partial charge in [0, 0.05) is 16.0 Å². The van der Waals surface area contributed by atoms with Crippen LogP contribution in [0.1, 0.15) is 21.5 Å². The Kier molecular flexibility index (Phi) is 6.59. The molecule has 4 aromatic carbocycles. The van der Waals surface area contributed by atoms with Gasteiger partial charge in [0.05, 0.1) is 22.7 Å². The molecule has 196 valence electrons. The largest absolute Gasteiger partial charge is 0.488 e. The van der Waals surface area contributed by atoms with E-state index in [0.717, 1.165) is 10.9 Å². The number of furan rings is 1. The lowest BCUT2D eigenvalue weighted by Gasteiger charge is -2.10. The normalized spacial score (nSPS) is 11.4. The third-order valence-electron chi connectivity index (χ3n) is 6.28. The number of aromatic nitrogens is 2. The molecule has 0 spiro atoms. The summed E-state index contributed by atoms with van der Waals surface area (Å²) < 4.78 is 13.2. The van der Waals surface area contributed by atoms with E-state index in [1.54, 1.807) is 60.7 Å². The third-order valence-corrected chi connectivity index (χ3v) is 6.51. The first-order valence-electron chi connectivity index (χ1n) is 12.3. The van der Waals surface area contributed by atoms with Crippen LogP contribution in [0.4, 0.5) is 0 Å². The number of rotatable bonds is 7. The number of carbonyl (C=O) groups is 1. The Hall–Kier alpha value is -5.21. The van der Waals surface area contributed by atoms with E-state index in [1.807, 2.05) is 24.3 Å². The van der Waals surface area contributed by atoms with E-state index in [-0.39, 0.29) is 23.6 Å². The van der Waals surface area contributed by atoms with Crippen LogP contribution in [0.2, 0.25) is 5.02 Å². The average Bonchev–Trinajstić information content (AvgIpc) is 3.39. The van der Waals surface area contributed by atoms with Gasteiger partial charge in [-0.15, -0.1) is 0 Å². The Morgan fingerprint density at radius 3 is 2.60 bits per heavy atom. The van der Waals surface area contributed by atoms with E-state index in [4.69, 9.17) is 30.8 Å². The quantitative estimate of drug-likeness (QED) is 0.224. The molecule has 0 saturated carbocycles. The SMILES string of the molecule is O=C(O)c1ccc(COc2ccccc2C=Nn2c(-c3cc4cc(Cl)ccc4o3)nc3ccccc3c2=O)cc1. The second kappa shape index (κ2) is 10.5. The van der Waals surface area contributed by atoms with E-state index >= 15 is 0 Å². The molecule has 0 bridgehead atoms. The molecule has 2 heterocycles. The minimum Gasteiger partial charge on any atom is -0.488 e. The highest BCUT2D eigenvalue weighted by atomic mass is 35.5. The predicted octanol–water partition coefficient (Wildman–Crippen LogP) is 6.62. The smallest absolute Gasteiger partial charge is 0.335 e. The summed E-state index contributed by atoms with van der Waals surface area (Å²) in [4.78, 5) is 29.4. The van der Waals surface area contributed by atoms with Crippen molar-refractivity contribution < 1.29 is 19.1 Å². The van der Waals surface area contributed by atoms with Crippen LogP contribution < -0.4 is 10.3 Å². The third kappa shape index (κ3) is 4.95. The first-order chi connectivity index (χ1) is 19.5. The highest BCUT2D eigenvalue weighted by Gasteiger charge is 2.17. The second-order valence-electron chi connectivity index (χ2n) is 8.94. The van der Waals surface area contributed by atoms with Crippen molar-refractivity contribution in [2.75, 3.05) is 0 Å². The summed E-state index contributed by atoms with van der Waals surface area (Å²) in [5.74, 6) is 0.157. The lowest BCUT2D eigenvalue weighted by molar-refractivity contribution is 0.0697. The van der Waals surface area contributed by atoms with Crippen LogP contribution in [0, 0.1) is 0 Å². The number of aromatic carboxylic acids is 1. The van der Waals surface area contributed by atoms with Crippen molar-refractivity contribution in [1.82, 2.24) is 9.66 Å². The summed E-state index contributed by atoms with van der Waals surface area (Å²) in [6, 6.07) is 27.8. The monoisotopic (exact) mass is 549 g/mol. The van der Waals surface area contributed by atoms with Gasteiger partial charge in [0.1, 0.15) is 17.9 Å². The number of hydrogen-bond acceptors (Lipinski definition) is 6. The Balaban J connectivity index is 1.38. The maximum atomic E-state index is 13.6. The Labute approximate surface area is 232 Å². The van der Waals surface area contributed by atoms with E-state index in [9.17, 15) is 9.59 Å². The van der Waals surface area contributed by atoms with Crippen molar-refractivity contribution in [1.29, 1.82) is 0 Å². The highest BCUT2D eigenvalue weighted by Crippen LogP contribution is 2.29. The molecule has 2 aromatic heterocycles. The molecule has 40 heavy (non-hydrogen) atoms. The fourth-order valence-corrected chi connectivity index (χ4v) is 4.44. The van der Waals surface area contributed by atoms with Gasteiger partial charge in [-0.3, -0.25) is 4.79 Å². The van der Waals surface area contributed by atoms with Crippen LogP contribution in [0.3, 0.4) is 0 Å². The van der Waals surface area contributed by atoms with E-state index < -0.39 is 5.97 Å². The zero-order valence-electron chi connectivity index (χ0n) is 20.8. The number of nitrogens with zero attached hydrogens (tertiary/aromatic N) is 3. The van der Waals surface area contributed by atoms with Crippen LogP contribution in [0.25, 0.3) is 33.5 Å². The molecule has 0 radical (unpaired) electrons. The molecule has 0 aliphatic heterocycles. The van der Waals surface area contributed by atoms with Gasteiger partial charge in [-0.25, -0.2) is 9.78 Å². The number of benzene rings is 4. The summed E-state index contributed by atoms with van der Waals surface area (Å²) in [5, 5.41) is 15.4. The predicted molar refractivity (Wildman–Crippen MR) is 153 cm³/mol. The number of carboxylic acids is 1. The van der Waals surface area contributed by atoms with E-state index in [0.29, 0.717) is 38.6 Å². The average molecular weight is 550 g/mol. The summed E-state index contributed by atoms with van der Waals surface area (Å²) in [7, 11) is 0. The lowest BCUT2D eigenvalue weighted by Crippen LogP contribution is -2.20. The lowest BCUT2D eigenvalue weighted by atomic mass is 10.1. The van der Waals surface area contributed by atoms with Gasteiger partial charge in [0.2, 0.25) is 5.82 Å². The summed E-state index contributed by atoms with van der Waals surface area (Å²) in [6.45, 7) is 0.217. The van der Waals surface area contributed by atoms with Gasteiger partial charge < -0.3 is 14.3 Å². The molecule has 9 heteroatoms. The maximum Gasteiger partial charge on any atom is 0.335 e. The number of hydrogen-bond donors (Lipinski definition) is 1. The number of carboxylic acid groups (broad SMARTS) is 1. The summed E-state index contributed by atoms with van der Waals surface area (Å²) >= 11 is 6.15. The van der Waals surface area contributed by atoms with Crippen LogP contribution in [-0.2, 0) is 6.61 Å². The summed E-state index contributed by atoms with van der Waals surface area (Å²) in [6.07, 6.45) is 1.53. The molecule has 1 N–H and O–H groups in total. The van der Waals surface area contributed by atoms with Crippen molar-refractivity contribution >= 4 is 45.7 Å². The molecule has 0 fully saturated rings. The van der Waals surface area contributed by atoms with E-state index in [2.05, 4.69) is 5.10 Å². The molecule has 6 aromatic rings. The minimum absolute atomic E-state index is 0.203. The molecule has 0 amide bonds.